The predicted octanol–water partition coefficient (Wildman–Crippen LogP) is 3.36. The van der Waals surface area contributed by atoms with Crippen molar-refractivity contribution >= 4 is 39.8 Å². The Morgan fingerprint density at radius 1 is 1.38 bits per heavy atom. The Balaban J connectivity index is 1.78. The lowest BCUT2D eigenvalue weighted by Crippen LogP contribution is -2.13. The number of fused-ring (bicyclic) bond motifs is 1. The summed E-state index contributed by atoms with van der Waals surface area (Å²) in [5, 5.41) is 6.84. The quantitative estimate of drug-likeness (QED) is 0.847. The highest BCUT2D eigenvalue weighted by atomic mass is 35.5. The van der Waals surface area contributed by atoms with Crippen LogP contribution in [0.25, 0.3) is 0 Å². The molecule has 0 saturated heterocycles. The van der Waals surface area contributed by atoms with Crippen LogP contribution in [0.3, 0.4) is 0 Å². The van der Waals surface area contributed by atoms with Crippen LogP contribution in [0.1, 0.15) is 34.3 Å². The van der Waals surface area contributed by atoms with Crippen molar-refractivity contribution in [3.63, 3.8) is 0 Å². The Hall–Kier alpha value is -1.66. The fourth-order valence-electron chi connectivity index (χ4n) is 2.31. The first-order valence-corrected chi connectivity index (χ1v) is 8.06. The second kappa shape index (κ2) is 5.99. The number of pyridine rings is 1. The molecule has 110 valence electrons. The molecule has 1 amide bonds. The maximum absolute atomic E-state index is 12.3. The number of thiazole rings is 1. The fourth-order valence-corrected chi connectivity index (χ4v) is 3.57. The number of anilines is 2. The number of hydrogen-bond acceptors (Lipinski definition) is 5. The largest absolute Gasteiger partial charge is 0.370 e. The first-order chi connectivity index (χ1) is 10.2. The average Bonchev–Trinajstić information content (AvgIpc) is 2.99. The Morgan fingerprint density at radius 2 is 2.24 bits per heavy atom. The third-order valence-electron chi connectivity index (χ3n) is 3.23. The Kier molecular flexibility index (Phi) is 4.07. The van der Waals surface area contributed by atoms with Crippen molar-refractivity contribution in [2.24, 2.45) is 0 Å². The van der Waals surface area contributed by atoms with E-state index < -0.39 is 0 Å². The van der Waals surface area contributed by atoms with E-state index in [1.165, 1.54) is 4.88 Å². The van der Waals surface area contributed by atoms with E-state index in [0.29, 0.717) is 28.2 Å². The predicted molar refractivity (Wildman–Crippen MR) is 85.5 cm³/mol. The van der Waals surface area contributed by atoms with Crippen LogP contribution in [0.5, 0.6) is 0 Å². The van der Waals surface area contributed by atoms with Gasteiger partial charge in [0.2, 0.25) is 0 Å². The van der Waals surface area contributed by atoms with Crippen LogP contribution in [-0.2, 0) is 12.8 Å². The Morgan fingerprint density at radius 3 is 3.00 bits per heavy atom. The molecule has 2 aromatic rings. The molecule has 0 aliphatic heterocycles. The zero-order valence-corrected chi connectivity index (χ0v) is 13.1. The molecule has 0 unspecified atom stereocenters. The van der Waals surface area contributed by atoms with Crippen molar-refractivity contribution < 1.29 is 4.79 Å². The fraction of sp³-hybridized carbons (Fsp3) is 0.357. The number of amides is 1. The lowest BCUT2D eigenvalue weighted by Gasteiger charge is -2.06. The van der Waals surface area contributed by atoms with Gasteiger partial charge in [-0.3, -0.25) is 10.1 Å². The standard InChI is InChI=1S/C14H15ClN4OS/c1-2-16-12-7-8(6-11(15)18-12)13(20)19-14-17-9-4-3-5-10(9)21-14/h6-7H,2-5H2,1H3,(H,16,18)(H,17,19,20). The molecule has 2 N–H and O–H groups in total. The number of aromatic nitrogens is 2. The molecular formula is C14H15ClN4OS. The molecule has 2 heterocycles. The first kappa shape index (κ1) is 14.3. The SMILES string of the molecule is CCNc1cc(C(=O)Nc2nc3c(s2)CCC3)cc(Cl)n1. The van der Waals surface area contributed by atoms with Crippen LogP contribution < -0.4 is 10.6 Å². The molecule has 0 fully saturated rings. The van der Waals surface area contributed by atoms with Gasteiger partial charge in [-0.2, -0.15) is 0 Å². The van der Waals surface area contributed by atoms with Gasteiger partial charge in [0.25, 0.3) is 5.91 Å². The summed E-state index contributed by atoms with van der Waals surface area (Å²) in [5.74, 6) is 0.377. The Labute approximate surface area is 131 Å². The van der Waals surface area contributed by atoms with E-state index in [9.17, 15) is 4.79 Å². The molecule has 5 nitrogen and oxygen atoms in total. The van der Waals surface area contributed by atoms with E-state index >= 15 is 0 Å². The van der Waals surface area contributed by atoms with Gasteiger partial charge in [-0.15, -0.1) is 11.3 Å². The summed E-state index contributed by atoms with van der Waals surface area (Å²) >= 11 is 7.51. The van der Waals surface area contributed by atoms with E-state index in [1.807, 2.05) is 6.92 Å². The highest BCUT2D eigenvalue weighted by molar-refractivity contribution is 7.16. The lowest BCUT2D eigenvalue weighted by molar-refractivity contribution is 0.102. The highest BCUT2D eigenvalue weighted by Crippen LogP contribution is 2.30. The van der Waals surface area contributed by atoms with Gasteiger partial charge in [0.1, 0.15) is 11.0 Å². The van der Waals surface area contributed by atoms with Crippen LogP contribution in [-0.4, -0.2) is 22.4 Å². The molecule has 0 bridgehead atoms. The first-order valence-electron chi connectivity index (χ1n) is 6.87. The molecule has 2 aromatic heterocycles. The molecule has 7 heteroatoms. The smallest absolute Gasteiger partial charge is 0.257 e. The van der Waals surface area contributed by atoms with Crippen LogP contribution in [0.4, 0.5) is 10.9 Å². The number of rotatable bonds is 4. The van der Waals surface area contributed by atoms with Crippen LogP contribution >= 0.6 is 22.9 Å². The molecule has 0 spiro atoms. The zero-order chi connectivity index (χ0) is 14.8. The molecule has 0 atom stereocenters. The second-order valence-electron chi connectivity index (χ2n) is 4.79. The lowest BCUT2D eigenvalue weighted by atomic mass is 10.2. The molecule has 3 rings (SSSR count). The zero-order valence-electron chi connectivity index (χ0n) is 11.6. The van der Waals surface area contributed by atoms with Crippen molar-refractivity contribution in [1.82, 2.24) is 9.97 Å². The van der Waals surface area contributed by atoms with Crippen LogP contribution in [0.15, 0.2) is 12.1 Å². The number of aryl methyl sites for hydroxylation is 2. The molecule has 1 aliphatic rings. The summed E-state index contributed by atoms with van der Waals surface area (Å²) in [5.41, 5.74) is 1.60. The normalized spacial score (nSPS) is 13.0. The van der Waals surface area contributed by atoms with Gasteiger partial charge in [0.15, 0.2) is 5.13 Å². The summed E-state index contributed by atoms with van der Waals surface area (Å²) in [6, 6.07) is 3.24. The minimum Gasteiger partial charge on any atom is -0.370 e. The number of carbonyl (C=O) groups is 1. The molecular weight excluding hydrogens is 308 g/mol. The minimum atomic E-state index is -0.217. The third-order valence-corrected chi connectivity index (χ3v) is 4.50. The molecule has 0 aromatic carbocycles. The summed E-state index contributed by atoms with van der Waals surface area (Å²) in [6.45, 7) is 2.67. The van der Waals surface area contributed by atoms with E-state index in [2.05, 4.69) is 20.6 Å². The Bertz CT molecular complexity index is 664. The van der Waals surface area contributed by atoms with Crippen molar-refractivity contribution in [2.45, 2.75) is 26.2 Å². The molecule has 0 radical (unpaired) electrons. The van der Waals surface area contributed by atoms with Gasteiger partial charge >= 0.3 is 0 Å². The maximum atomic E-state index is 12.3. The topological polar surface area (TPSA) is 66.9 Å². The van der Waals surface area contributed by atoms with Gasteiger partial charge in [-0.25, -0.2) is 9.97 Å². The molecule has 21 heavy (non-hydrogen) atoms. The van der Waals surface area contributed by atoms with Gasteiger partial charge in [-0.05, 0) is 38.3 Å². The minimum absolute atomic E-state index is 0.217. The summed E-state index contributed by atoms with van der Waals surface area (Å²) in [4.78, 5) is 22.1. The number of carbonyl (C=O) groups excluding carboxylic acids is 1. The van der Waals surface area contributed by atoms with E-state index in [1.54, 1.807) is 23.5 Å². The van der Waals surface area contributed by atoms with Gasteiger partial charge in [0.05, 0.1) is 5.69 Å². The van der Waals surface area contributed by atoms with Crippen molar-refractivity contribution in [3.8, 4) is 0 Å². The van der Waals surface area contributed by atoms with Gasteiger partial charge in [0, 0.05) is 17.0 Å². The summed E-state index contributed by atoms with van der Waals surface area (Å²) < 4.78 is 0. The van der Waals surface area contributed by atoms with E-state index in [0.717, 1.165) is 25.0 Å². The third kappa shape index (κ3) is 3.16. The van der Waals surface area contributed by atoms with Crippen LogP contribution in [0, 0.1) is 0 Å². The number of nitrogens with one attached hydrogen (secondary N) is 2. The number of halogens is 1. The van der Waals surface area contributed by atoms with E-state index in [4.69, 9.17) is 11.6 Å². The average molecular weight is 323 g/mol. The highest BCUT2D eigenvalue weighted by Gasteiger charge is 2.18. The van der Waals surface area contributed by atoms with Crippen molar-refractivity contribution in [1.29, 1.82) is 0 Å². The van der Waals surface area contributed by atoms with Gasteiger partial charge < -0.3 is 5.32 Å². The maximum Gasteiger partial charge on any atom is 0.257 e. The molecule has 0 saturated carbocycles. The summed E-state index contributed by atoms with van der Waals surface area (Å²) in [7, 11) is 0. The van der Waals surface area contributed by atoms with Crippen molar-refractivity contribution in [2.75, 3.05) is 17.2 Å². The van der Waals surface area contributed by atoms with Crippen LogP contribution in [0.2, 0.25) is 5.15 Å². The van der Waals surface area contributed by atoms with E-state index in [-0.39, 0.29) is 5.91 Å². The summed E-state index contributed by atoms with van der Waals surface area (Å²) in [6.07, 6.45) is 3.23. The van der Waals surface area contributed by atoms with Crippen molar-refractivity contribution in [3.05, 3.63) is 33.4 Å². The number of nitrogens with zero attached hydrogens (tertiary/aromatic N) is 2. The second-order valence-corrected chi connectivity index (χ2v) is 6.26. The monoisotopic (exact) mass is 322 g/mol. The van der Waals surface area contributed by atoms with Gasteiger partial charge in [-0.1, -0.05) is 11.6 Å². The molecule has 1 aliphatic carbocycles. The number of hydrogen-bond donors (Lipinski definition) is 2.